The van der Waals surface area contributed by atoms with E-state index in [2.05, 4.69) is 21.9 Å². The number of rotatable bonds is 3. The number of benzene rings is 1. The molecule has 1 aromatic carbocycles. The molecule has 150 valence electrons. The van der Waals surface area contributed by atoms with Crippen LogP contribution in [-0.4, -0.2) is 80.6 Å². The molecule has 2 aliphatic carbocycles. The maximum absolute atomic E-state index is 13.0. The summed E-state index contributed by atoms with van der Waals surface area (Å²) in [6.07, 6.45) is 0. The number of nitrogens with zero attached hydrogens (tertiary/aromatic N) is 3. The van der Waals surface area contributed by atoms with Crippen LogP contribution < -0.4 is 9.64 Å². The van der Waals surface area contributed by atoms with Gasteiger partial charge < -0.3 is 19.4 Å². The molecule has 2 amide bonds. The van der Waals surface area contributed by atoms with Crippen LogP contribution in [0.5, 0.6) is 5.75 Å². The molecular weight excluding hydrogens is 378 g/mol. The molecule has 0 bridgehead atoms. The highest BCUT2D eigenvalue weighted by atomic mass is 32.2. The summed E-state index contributed by atoms with van der Waals surface area (Å²) in [5, 5.41) is 0. The fraction of sp³-hybridized carbons (Fsp3) is 0.650. The minimum Gasteiger partial charge on any atom is -0.494 e. The topological polar surface area (TPSA) is 70.2 Å². The van der Waals surface area contributed by atoms with Crippen LogP contribution in [0.1, 0.15) is 6.92 Å². The number of hydrogen-bond donors (Lipinski definition) is 0. The van der Waals surface area contributed by atoms with Gasteiger partial charge in [0.05, 0.1) is 18.1 Å². The molecule has 5 aliphatic rings. The first-order valence-corrected chi connectivity index (χ1v) is 12.0. The third-order valence-corrected chi connectivity index (χ3v) is 9.26. The van der Waals surface area contributed by atoms with E-state index in [0.29, 0.717) is 49.0 Å². The molecule has 0 N–H and O–H groups in total. The van der Waals surface area contributed by atoms with Gasteiger partial charge in [-0.2, -0.15) is 0 Å². The molecule has 28 heavy (non-hydrogen) atoms. The van der Waals surface area contributed by atoms with E-state index in [-0.39, 0.29) is 17.5 Å². The van der Waals surface area contributed by atoms with Gasteiger partial charge in [-0.15, -0.1) is 0 Å². The molecule has 5 fully saturated rings. The van der Waals surface area contributed by atoms with Gasteiger partial charge in [-0.3, -0.25) is 0 Å². The van der Waals surface area contributed by atoms with Gasteiger partial charge in [0.15, 0.2) is 9.84 Å². The first-order valence-electron chi connectivity index (χ1n) is 10.2. The monoisotopic (exact) mass is 403 g/mol. The highest BCUT2D eigenvalue weighted by Crippen LogP contribution is 2.85. The normalized spacial score (nSPS) is 38.8. The number of anilines is 1. The zero-order chi connectivity index (χ0) is 19.3. The molecule has 6 rings (SSSR count). The summed E-state index contributed by atoms with van der Waals surface area (Å²) in [6.45, 7) is 5.18. The predicted molar refractivity (Wildman–Crippen MR) is 104 cm³/mol. The Morgan fingerprint density at radius 3 is 2.39 bits per heavy atom. The third kappa shape index (κ3) is 2.04. The fourth-order valence-corrected chi connectivity index (χ4v) is 7.64. The number of amides is 2. The van der Waals surface area contributed by atoms with E-state index >= 15 is 0 Å². The van der Waals surface area contributed by atoms with Gasteiger partial charge >= 0.3 is 6.03 Å². The maximum atomic E-state index is 13.0. The van der Waals surface area contributed by atoms with Crippen molar-refractivity contribution in [3.05, 3.63) is 24.3 Å². The molecule has 0 aromatic heterocycles. The van der Waals surface area contributed by atoms with Crippen molar-refractivity contribution in [1.29, 1.82) is 0 Å². The summed E-state index contributed by atoms with van der Waals surface area (Å²) in [5.41, 5.74) is 1.57. The van der Waals surface area contributed by atoms with Crippen LogP contribution in [0.2, 0.25) is 0 Å². The summed E-state index contributed by atoms with van der Waals surface area (Å²) in [4.78, 5) is 19.3. The number of urea groups is 1. The molecule has 3 saturated heterocycles. The molecule has 1 aromatic rings. The number of carbonyl (C=O) groups excluding carboxylic acids is 1. The van der Waals surface area contributed by atoms with Gasteiger partial charge in [0.2, 0.25) is 0 Å². The molecular formula is C20H25N3O4S. The van der Waals surface area contributed by atoms with E-state index in [1.54, 1.807) is 4.90 Å². The second kappa shape index (κ2) is 5.34. The lowest BCUT2D eigenvalue weighted by Gasteiger charge is -2.35. The fourth-order valence-electron chi connectivity index (χ4n) is 6.44. The molecule has 8 heteroatoms. The highest BCUT2D eigenvalue weighted by molar-refractivity contribution is 7.91. The number of fused-ring (bicyclic) bond motifs is 2. The van der Waals surface area contributed by atoms with Crippen LogP contribution in [0, 0.1) is 17.3 Å². The van der Waals surface area contributed by atoms with Crippen molar-refractivity contribution in [1.82, 2.24) is 9.80 Å². The number of carbonyl (C=O) groups is 1. The van der Waals surface area contributed by atoms with Crippen LogP contribution in [0.25, 0.3) is 0 Å². The van der Waals surface area contributed by atoms with Gasteiger partial charge in [0.25, 0.3) is 0 Å². The van der Waals surface area contributed by atoms with E-state index in [9.17, 15) is 13.2 Å². The molecule has 3 heterocycles. The lowest BCUT2D eigenvalue weighted by atomic mass is 10.2. The van der Waals surface area contributed by atoms with Gasteiger partial charge in [0.1, 0.15) is 5.75 Å². The van der Waals surface area contributed by atoms with Crippen LogP contribution in [0.3, 0.4) is 0 Å². The zero-order valence-corrected chi connectivity index (χ0v) is 16.8. The van der Waals surface area contributed by atoms with Crippen LogP contribution in [0.4, 0.5) is 10.5 Å². The lowest BCUT2D eigenvalue weighted by molar-refractivity contribution is 0.151. The molecule has 7 nitrogen and oxygen atoms in total. The van der Waals surface area contributed by atoms with Gasteiger partial charge in [-0.05, 0) is 31.2 Å². The minimum absolute atomic E-state index is 0.0576. The molecule has 2 saturated carbocycles. The number of ether oxygens (including phenoxy) is 1. The Labute approximate surface area is 165 Å². The lowest BCUT2D eigenvalue weighted by Crippen LogP contribution is -2.52. The summed E-state index contributed by atoms with van der Waals surface area (Å²) in [6, 6.07) is 9.35. The van der Waals surface area contributed by atoms with Crippen molar-refractivity contribution < 1.29 is 17.9 Å². The van der Waals surface area contributed by atoms with E-state index in [1.165, 1.54) is 5.69 Å². The number of likely N-dealkylation sites (tertiary alicyclic amines) is 1. The Kier molecular flexibility index (Phi) is 3.23. The minimum atomic E-state index is -2.96. The maximum Gasteiger partial charge on any atom is 0.320 e. The molecule has 3 aliphatic heterocycles. The Hall–Kier alpha value is -1.96. The Morgan fingerprint density at radius 1 is 1.11 bits per heavy atom. The van der Waals surface area contributed by atoms with Crippen molar-refractivity contribution in [3.8, 4) is 5.75 Å². The van der Waals surface area contributed by atoms with Crippen molar-refractivity contribution >= 4 is 21.6 Å². The SMILES string of the molecule is CCOc1ccc(N2CC3C4N(C(=O)N5CCS(=O)(=O)CC5)CC5C2C354)cc1. The summed E-state index contributed by atoms with van der Waals surface area (Å²) < 4.78 is 28.8. The van der Waals surface area contributed by atoms with Crippen LogP contribution >= 0.6 is 0 Å². The molecule has 5 unspecified atom stereocenters. The average molecular weight is 404 g/mol. The molecule has 5 atom stereocenters. The van der Waals surface area contributed by atoms with Gasteiger partial charge in [-0.25, -0.2) is 13.2 Å². The molecule has 0 radical (unpaired) electrons. The Balaban J connectivity index is 1.14. The molecule has 1 spiro atoms. The van der Waals surface area contributed by atoms with E-state index in [4.69, 9.17) is 4.74 Å². The highest BCUT2D eigenvalue weighted by Gasteiger charge is 2.94. The van der Waals surface area contributed by atoms with Gasteiger partial charge in [-0.1, -0.05) is 0 Å². The second-order valence-corrected chi connectivity index (χ2v) is 11.1. The smallest absolute Gasteiger partial charge is 0.320 e. The number of hydrogen-bond acceptors (Lipinski definition) is 5. The van der Waals surface area contributed by atoms with Crippen LogP contribution in [0.15, 0.2) is 24.3 Å². The van der Waals surface area contributed by atoms with Crippen molar-refractivity contribution in [2.45, 2.75) is 19.0 Å². The van der Waals surface area contributed by atoms with E-state index in [1.807, 2.05) is 19.1 Å². The van der Waals surface area contributed by atoms with Crippen LogP contribution in [-0.2, 0) is 9.84 Å². The number of sulfone groups is 1. The Bertz CT molecular complexity index is 931. The van der Waals surface area contributed by atoms with Crippen molar-refractivity contribution in [3.63, 3.8) is 0 Å². The average Bonchev–Trinajstić information content (AvgIpc) is 3.40. The van der Waals surface area contributed by atoms with Crippen molar-refractivity contribution in [2.24, 2.45) is 17.3 Å². The van der Waals surface area contributed by atoms with E-state index in [0.717, 1.165) is 18.8 Å². The third-order valence-electron chi connectivity index (χ3n) is 7.65. The summed E-state index contributed by atoms with van der Waals surface area (Å²) in [7, 11) is -2.96. The van der Waals surface area contributed by atoms with Crippen molar-refractivity contribution in [2.75, 3.05) is 49.2 Å². The second-order valence-electron chi connectivity index (χ2n) is 8.76. The zero-order valence-electron chi connectivity index (χ0n) is 16.0. The quantitative estimate of drug-likeness (QED) is 0.755. The van der Waals surface area contributed by atoms with Gasteiger partial charge in [0, 0.05) is 61.2 Å². The first-order chi connectivity index (χ1) is 13.5. The summed E-state index contributed by atoms with van der Waals surface area (Å²) in [5.74, 6) is 2.25. The Morgan fingerprint density at radius 2 is 1.79 bits per heavy atom. The summed E-state index contributed by atoms with van der Waals surface area (Å²) >= 11 is 0. The number of piperidine rings is 4. The van der Waals surface area contributed by atoms with E-state index < -0.39 is 9.84 Å². The first kappa shape index (κ1) is 16.9. The standard InChI is InChI=1S/C20H25N3O4S/c1-2-27-14-5-3-13(4-6-14)22-11-15-18-20(15)16(17(20)22)12-23(18)19(24)21-7-9-28(25,26)10-8-21/h3-6,15-18H,2,7-12H2,1H3. The predicted octanol–water partition coefficient (Wildman–Crippen LogP) is 1.05. The largest absolute Gasteiger partial charge is 0.494 e.